The second-order valence-electron chi connectivity index (χ2n) is 4.45. The van der Waals surface area contributed by atoms with Crippen molar-refractivity contribution in [3.8, 4) is 0 Å². The third-order valence-electron chi connectivity index (χ3n) is 2.95. The molecular formula is C11H11ClN2O5S. The van der Waals surface area contributed by atoms with Gasteiger partial charge in [0.15, 0.2) is 9.84 Å². The summed E-state index contributed by atoms with van der Waals surface area (Å²) in [7, 11) is -3.28. The van der Waals surface area contributed by atoms with Crippen LogP contribution in [0.15, 0.2) is 24.3 Å². The van der Waals surface area contributed by atoms with E-state index in [1.54, 1.807) is 0 Å². The van der Waals surface area contributed by atoms with Crippen molar-refractivity contribution in [1.29, 1.82) is 0 Å². The van der Waals surface area contributed by atoms with Gasteiger partial charge in [-0.2, -0.15) is 0 Å². The van der Waals surface area contributed by atoms with Crippen LogP contribution < -0.4 is 5.32 Å². The molecule has 1 aliphatic rings. The van der Waals surface area contributed by atoms with E-state index in [2.05, 4.69) is 5.32 Å². The van der Waals surface area contributed by atoms with Crippen LogP contribution >= 0.6 is 11.6 Å². The summed E-state index contributed by atoms with van der Waals surface area (Å²) >= 11 is 5.87. The molecule has 1 fully saturated rings. The van der Waals surface area contributed by atoms with Crippen LogP contribution in [0.2, 0.25) is 0 Å². The van der Waals surface area contributed by atoms with Gasteiger partial charge in [-0.15, -0.1) is 11.6 Å². The van der Waals surface area contributed by atoms with Crippen molar-refractivity contribution in [2.75, 3.05) is 11.5 Å². The highest BCUT2D eigenvalue weighted by Crippen LogP contribution is 2.21. The second-order valence-corrected chi connectivity index (χ2v) is 7.16. The fraction of sp³-hybridized carbons (Fsp3) is 0.364. The number of rotatable bonds is 3. The molecule has 9 heteroatoms. The Bertz CT molecular complexity index is 661. The molecule has 1 aliphatic heterocycles. The zero-order chi connectivity index (χ0) is 14.9. The zero-order valence-electron chi connectivity index (χ0n) is 10.2. The highest BCUT2D eigenvalue weighted by Gasteiger charge is 2.38. The van der Waals surface area contributed by atoms with Crippen LogP contribution in [0.5, 0.6) is 0 Å². The predicted octanol–water partition coefficient (Wildman–Crippen LogP) is 0.729. The second kappa shape index (κ2) is 5.37. The summed E-state index contributed by atoms with van der Waals surface area (Å²) < 4.78 is 22.8. The molecule has 1 heterocycles. The zero-order valence-corrected chi connectivity index (χ0v) is 11.7. The van der Waals surface area contributed by atoms with Gasteiger partial charge in [-0.05, 0) is 6.07 Å². The smallest absolute Gasteiger partial charge is 0.282 e. The summed E-state index contributed by atoms with van der Waals surface area (Å²) in [5, 5.41) is 12.5. The van der Waals surface area contributed by atoms with Crippen LogP contribution in [0.25, 0.3) is 0 Å². The molecule has 1 N–H and O–H groups in total. The van der Waals surface area contributed by atoms with E-state index in [0.29, 0.717) is 0 Å². The summed E-state index contributed by atoms with van der Waals surface area (Å²) in [6, 6.07) is 4.71. The van der Waals surface area contributed by atoms with Crippen molar-refractivity contribution in [2.45, 2.75) is 11.4 Å². The largest absolute Gasteiger partial charge is 0.347 e. The van der Waals surface area contributed by atoms with Gasteiger partial charge in [0.1, 0.15) is 5.56 Å². The molecule has 20 heavy (non-hydrogen) atoms. The number of nitrogens with one attached hydrogen (secondary N) is 1. The predicted molar refractivity (Wildman–Crippen MR) is 72.6 cm³/mol. The van der Waals surface area contributed by atoms with E-state index in [-0.39, 0.29) is 22.8 Å². The van der Waals surface area contributed by atoms with Gasteiger partial charge in [-0.25, -0.2) is 8.42 Å². The number of sulfone groups is 1. The Balaban J connectivity index is 2.20. The summed E-state index contributed by atoms with van der Waals surface area (Å²) in [6.07, 6.45) is 0. The normalized spacial score (nSPS) is 24.2. The number of nitro benzene ring substituents is 1. The Morgan fingerprint density at radius 1 is 1.35 bits per heavy atom. The lowest BCUT2D eigenvalue weighted by molar-refractivity contribution is -0.385. The van der Waals surface area contributed by atoms with Crippen LogP contribution in [0.3, 0.4) is 0 Å². The molecule has 1 saturated heterocycles. The summed E-state index contributed by atoms with van der Waals surface area (Å²) in [5.74, 6) is -1.17. The molecule has 0 aliphatic carbocycles. The minimum absolute atomic E-state index is 0.120. The minimum atomic E-state index is -3.28. The molecule has 0 spiro atoms. The molecular weight excluding hydrogens is 308 g/mol. The molecule has 1 aromatic rings. The number of amides is 1. The van der Waals surface area contributed by atoms with Crippen molar-refractivity contribution in [2.24, 2.45) is 0 Å². The molecule has 2 atom stereocenters. The van der Waals surface area contributed by atoms with Gasteiger partial charge in [-0.1, -0.05) is 12.1 Å². The number of hydrogen-bond acceptors (Lipinski definition) is 5. The molecule has 1 amide bonds. The lowest BCUT2D eigenvalue weighted by Gasteiger charge is -2.14. The number of carbonyl (C=O) groups excluding carboxylic acids is 1. The van der Waals surface area contributed by atoms with Gasteiger partial charge >= 0.3 is 0 Å². The fourth-order valence-corrected chi connectivity index (χ4v) is 4.56. The van der Waals surface area contributed by atoms with Gasteiger partial charge in [-0.3, -0.25) is 14.9 Å². The van der Waals surface area contributed by atoms with Crippen molar-refractivity contribution < 1.29 is 18.1 Å². The van der Waals surface area contributed by atoms with E-state index >= 15 is 0 Å². The van der Waals surface area contributed by atoms with Crippen LogP contribution in [0.4, 0.5) is 5.69 Å². The maximum absolute atomic E-state index is 12.0. The highest BCUT2D eigenvalue weighted by molar-refractivity contribution is 7.91. The first-order valence-corrected chi connectivity index (χ1v) is 7.95. The lowest BCUT2D eigenvalue weighted by atomic mass is 10.1. The number of nitro groups is 1. The minimum Gasteiger partial charge on any atom is -0.347 e. The third kappa shape index (κ3) is 3.07. The van der Waals surface area contributed by atoms with E-state index < -0.39 is 32.1 Å². The number of halogens is 1. The monoisotopic (exact) mass is 318 g/mol. The van der Waals surface area contributed by atoms with Crippen molar-refractivity contribution >= 4 is 33.0 Å². The maximum Gasteiger partial charge on any atom is 0.282 e. The Morgan fingerprint density at radius 3 is 2.55 bits per heavy atom. The van der Waals surface area contributed by atoms with E-state index in [1.165, 1.54) is 24.3 Å². The van der Waals surface area contributed by atoms with Crippen LogP contribution in [0.1, 0.15) is 10.4 Å². The number of para-hydroxylation sites is 1. The van der Waals surface area contributed by atoms with E-state index in [4.69, 9.17) is 11.6 Å². The van der Waals surface area contributed by atoms with Crippen molar-refractivity contribution in [3.63, 3.8) is 0 Å². The number of benzene rings is 1. The number of alkyl halides is 1. The number of carbonyl (C=O) groups is 1. The van der Waals surface area contributed by atoms with Crippen molar-refractivity contribution in [1.82, 2.24) is 5.32 Å². The number of hydrogen-bond donors (Lipinski definition) is 1. The molecule has 0 saturated carbocycles. The Labute approximate surface area is 120 Å². The standard InChI is InChI=1S/C11H11ClN2O5S/c12-8-5-20(18,19)6-9(8)13-11(15)7-3-1-2-4-10(7)14(16)17/h1-4,8-9H,5-6H2,(H,13,15). The molecule has 7 nitrogen and oxygen atoms in total. The first kappa shape index (κ1) is 14.7. The SMILES string of the molecule is O=C(NC1CS(=O)(=O)CC1Cl)c1ccccc1[N+](=O)[O-]. The lowest BCUT2D eigenvalue weighted by Crippen LogP contribution is -2.40. The van der Waals surface area contributed by atoms with Gasteiger partial charge in [0.25, 0.3) is 11.6 Å². The Kier molecular flexibility index (Phi) is 3.96. The fourth-order valence-electron chi connectivity index (χ4n) is 2.01. The van der Waals surface area contributed by atoms with Crippen molar-refractivity contribution in [3.05, 3.63) is 39.9 Å². The Hall–Kier alpha value is -1.67. The van der Waals surface area contributed by atoms with Gasteiger partial charge < -0.3 is 5.32 Å². The van der Waals surface area contributed by atoms with Crippen LogP contribution in [-0.2, 0) is 9.84 Å². The van der Waals surface area contributed by atoms with E-state index in [9.17, 15) is 23.3 Å². The first-order chi connectivity index (χ1) is 9.30. The molecule has 0 aromatic heterocycles. The topological polar surface area (TPSA) is 106 Å². The molecule has 2 unspecified atom stereocenters. The number of nitrogens with zero attached hydrogens (tertiary/aromatic N) is 1. The van der Waals surface area contributed by atoms with Gasteiger partial charge in [0.2, 0.25) is 0 Å². The van der Waals surface area contributed by atoms with E-state index in [0.717, 1.165) is 0 Å². The molecule has 0 radical (unpaired) electrons. The van der Waals surface area contributed by atoms with Gasteiger partial charge in [0, 0.05) is 6.07 Å². The first-order valence-electron chi connectivity index (χ1n) is 5.69. The maximum atomic E-state index is 12.0. The van der Waals surface area contributed by atoms with Crippen LogP contribution in [0, 0.1) is 10.1 Å². The molecule has 0 bridgehead atoms. The molecule has 2 rings (SSSR count). The molecule has 1 aromatic carbocycles. The quantitative estimate of drug-likeness (QED) is 0.502. The Morgan fingerprint density at radius 2 is 2.00 bits per heavy atom. The summed E-state index contributed by atoms with van der Waals surface area (Å²) in [6.45, 7) is 0. The summed E-state index contributed by atoms with van der Waals surface area (Å²) in [4.78, 5) is 22.2. The summed E-state index contributed by atoms with van der Waals surface area (Å²) in [5.41, 5.74) is -0.456. The van der Waals surface area contributed by atoms with Gasteiger partial charge in [0.05, 0.1) is 27.8 Å². The van der Waals surface area contributed by atoms with Crippen LogP contribution in [-0.4, -0.2) is 42.2 Å². The third-order valence-corrected chi connectivity index (χ3v) is 5.32. The average molecular weight is 319 g/mol. The average Bonchev–Trinajstić information content (AvgIpc) is 2.62. The molecule has 108 valence electrons. The highest BCUT2D eigenvalue weighted by atomic mass is 35.5. The van der Waals surface area contributed by atoms with E-state index in [1.807, 2.05) is 0 Å².